The van der Waals surface area contributed by atoms with Gasteiger partial charge in [-0.05, 0) is 36.8 Å². The van der Waals surface area contributed by atoms with Gasteiger partial charge in [-0.25, -0.2) is 14.1 Å². The first-order valence-electron chi connectivity index (χ1n) is 8.52. The van der Waals surface area contributed by atoms with Gasteiger partial charge in [0.15, 0.2) is 5.69 Å². The number of hydrogen-bond acceptors (Lipinski definition) is 5. The maximum Gasteiger partial charge on any atom is 0.434 e. The standard InChI is InChI=1S/C19H13ClF4N4O3/c1-9-5-10(21)3-4-14(9)31-18-12(7-13(20)16(27-18)19(22,23)24)17(30)26-11-6-15(29)28(2)25-8-11/h3-8H,1-2H3,(H,26,30). The van der Waals surface area contributed by atoms with Crippen molar-refractivity contribution in [2.45, 2.75) is 13.1 Å². The van der Waals surface area contributed by atoms with Gasteiger partial charge in [0.25, 0.3) is 11.5 Å². The fraction of sp³-hybridized carbons (Fsp3) is 0.158. The maximum atomic E-state index is 13.3. The molecule has 0 atom stereocenters. The number of carbonyl (C=O) groups excluding carboxylic acids is 1. The summed E-state index contributed by atoms with van der Waals surface area (Å²) in [6.45, 7) is 1.46. The number of pyridine rings is 1. The van der Waals surface area contributed by atoms with Gasteiger partial charge in [-0.15, -0.1) is 0 Å². The van der Waals surface area contributed by atoms with E-state index < -0.39 is 45.6 Å². The Morgan fingerprint density at radius 1 is 1.23 bits per heavy atom. The molecule has 1 N–H and O–H groups in total. The quantitative estimate of drug-likeness (QED) is 0.590. The zero-order chi connectivity index (χ0) is 22.9. The van der Waals surface area contributed by atoms with Gasteiger partial charge in [0.1, 0.15) is 17.1 Å². The number of nitrogens with zero attached hydrogens (tertiary/aromatic N) is 3. The monoisotopic (exact) mass is 456 g/mol. The van der Waals surface area contributed by atoms with E-state index in [0.29, 0.717) is 0 Å². The molecule has 0 aliphatic carbocycles. The van der Waals surface area contributed by atoms with E-state index in [1.165, 1.54) is 26.2 Å². The first-order chi connectivity index (χ1) is 14.5. The molecule has 2 aromatic heterocycles. The highest BCUT2D eigenvalue weighted by Crippen LogP contribution is 2.37. The molecule has 7 nitrogen and oxygen atoms in total. The van der Waals surface area contributed by atoms with Gasteiger partial charge in [-0.2, -0.15) is 18.3 Å². The largest absolute Gasteiger partial charge is 0.438 e. The van der Waals surface area contributed by atoms with Crippen LogP contribution in [0.15, 0.2) is 41.3 Å². The number of aromatic nitrogens is 3. The molecule has 2 heterocycles. The van der Waals surface area contributed by atoms with Crippen LogP contribution in [0.1, 0.15) is 21.6 Å². The van der Waals surface area contributed by atoms with E-state index in [4.69, 9.17) is 16.3 Å². The van der Waals surface area contributed by atoms with Crippen LogP contribution >= 0.6 is 11.6 Å². The Morgan fingerprint density at radius 2 is 1.94 bits per heavy atom. The number of carbonyl (C=O) groups is 1. The Hall–Kier alpha value is -3.47. The molecule has 0 unspecified atom stereocenters. The van der Waals surface area contributed by atoms with E-state index in [0.717, 1.165) is 28.9 Å². The van der Waals surface area contributed by atoms with Crippen LogP contribution in [-0.2, 0) is 13.2 Å². The topological polar surface area (TPSA) is 86.1 Å². The molecule has 0 spiro atoms. The van der Waals surface area contributed by atoms with E-state index >= 15 is 0 Å². The minimum Gasteiger partial charge on any atom is -0.438 e. The summed E-state index contributed by atoms with van der Waals surface area (Å²) in [4.78, 5) is 27.8. The molecule has 0 saturated carbocycles. The second-order valence-electron chi connectivity index (χ2n) is 6.34. The number of ether oxygens (including phenoxy) is 1. The summed E-state index contributed by atoms with van der Waals surface area (Å²) < 4.78 is 59.5. The van der Waals surface area contributed by atoms with E-state index in [2.05, 4.69) is 15.4 Å². The highest BCUT2D eigenvalue weighted by Gasteiger charge is 2.37. The summed E-state index contributed by atoms with van der Waals surface area (Å²) in [6, 6.07) is 5.12. The lowest BCUT2D eigenvalue weighted by atomic mass is 10.2. The number of anilines is 1. The normalized spacial score (nSPS) is 11.3. The molecule has 0 fully saturated rings. The fourth-order valence-electron chi connectivity index (χ4n) is 2.48. The number of hydrogen-bond donors (Lipinski definition) is 1. The van der Waals surface area contributed by atoms with Crippen molar-refractivity contribution < 1.29 is 27.1 Å². The molecule has 0 aliphatic rings. The highest BCUT2D eigenvalue weighted by molar-refractivity contribution is 6.31. The van der Waals surface area contributed by atoms with Crippen molar-refractivity contribution in [2.75, 3.05) is 5.32 Å². The number of rotatable bonds is 4. The van der Waals surface area contributed by atoms with Gasteiger partial charge in [0.05, 0.1) is 16.9 Å². The van der Waals surface area contributed by atoms with Gasteiger partial charge in [0.2, 0.25) is 5.88 Å². The summed E-state index contributed by atoms with van der Waals surface area (Å²) in [5.74, 6) is -2.26. The highest BCUT2D eigenvalue weighted by atomic mass is 35.5. The van der Waals surface area contributed by atoms with Crippen molar-refractivity contribution in [3.8, 4) is 11.6 Å². The van der Waals surface area contributed by atoms with E-state index in [9.17, 15) is 27.2 Å². The van der Waals surface area contributed by atoms with Gasteiger partial charge < -0.3 is 10.1 Å². The van der Waals surface area contributed by atoms with Gasteiger partial charge in [-0.3, -0.25) is 9.59 Å². The van der Waals surface area contributed by atoms with Crippen LogP contribution in [0.5, 0.6) is 11.6 Å². The Morgan fingerprint density at radius 3 is 2.55 bits per heavy atom. The van der Waals surface area contributed by atoms with Crippen molar-refractivity contribution >= 4 is 23.2 Å². The van der Waals surface area contributed by atoms with Crippen LogP contribution < -0.4 is 15.6 Å². The van der Waals surface area contributed by atoms with Crippen LogP contribution in [0.3, 0.4) is 0 Å². The minimum atomic E-state index is -4.92. The number of benzene rings is 1. The van der Waals surface area contributed by atoms with Crippen LogP contribution in [0.4, 0.5) is 23.2 Å². The maximum absolute atomic E-state index is 13.3. The third-order valence-corrected chi connectivity index (χ3v) is 4.31. The summed E-state index contributed by atoms with van der Waals surface area (Å²) in [6.07, 6.45) is -3.75. The summed E-state index contributed by atoms with van der Waals surface area (Å²) in [5.41, 5.74) is -2.18. The van der Waals surface area contributed by atoms with E-state index in [1.807, 2.05) is 0 Å². The van der Waals surface area contributed by atoms with Crippen molar-refractivity contribution in [2.24, 2.45) is 7.05 Å². The lowest BCUT2D eigenvalue weighted by molar-refractivity contribution is -0.141. The lowest BCUT2D eigenvalue weighted by Gasteiger charge is -2.15. The molecular formula is C19H13ClF4N4O3. The van der Waals surface area contributed by atoms with Crippen molar-refractivity contribution in [1.82, 2.24) is 14.8 Å². The van der Waals surface area contributed by atoms with E-state index in [1.54, 1.807) is 0 Å². The SMILES string of the molecule is Cc1cc(F)ccc1Oc1nc(C(F)(F)F)c(Cl)cc1C(=O)Nc1cnn(C)c(=O)c1. The van der Waals surface area contributed by atoms with Crippen molar-refractivity contribution in [1.29, 1.82) is 0 Å². The molecule has 0 bridgehead atoms. The second kappa shape index (κ2) is 8.34. The molecule has 3 rings (SSSR count). The molecule has 0 saturated heterocycles. The van der Waals surface area contributed by atoms with Crippen LogP contribution in [-0.4, -0.2) is 20.7 Å². The Bertz CT molecular complexity index is 1230. The van der Waals surface area contributed by atoms with Crippen molar-refractivity contribution in [3.63, 3.8) is 0 Å². The molecular weight excluding hydrogens is 444 g/mol. The van der Waals surface area contributed by atoms with Gasteiger partial charge in [-0.1, -0.05) is 11.6 Å². The van der Waals surface area contributed by atoms with Crippen LogP contribution in [0, 0.1) is 12.7 Å². The number of nitrogens with one attached hydrogen (secondary N) is 1. The molecule has 1 amide bonds. The predicted octanol–water partition coefficient (Wildman–Crippen LogP) is 4.34. The summed E-state index contributed by atoms with van der Waals surface area (Å²) in [7, 11) is 1.39. The van der Waals surface area contributed by atoms with Crippen LogP contribution in [0.25, 0.3) is 0 Å². The third-order valence-electron chi connectivity index (χ3n) is 4.02. The fourth-order valence-corrected chi connectivity index (χ4v) is 2.74. The number of amides is 1. The molecule has 162 valence electrons. The zero-order valence-electron chi connectivity index (χ0n) is 15.9. The summed E-state index contributed by atoms with van der Waals surface area (Å²) in [5, 5.41) is 5.23. The number of aryl methyl sites for hydroxylation is 2. The Labute approximate surface area is 177 Å². The number of alkyl halides is 3. The average Bonchev–Trinajstić information content (AvgIpc) is 2.67. The van der Waals surface area contributed by atoms with Crippen LogP contribution in [0.2, 0.25) is 5.02 Å². The average molecular weight is 457 g/mol. The molecule has 0 radical (unpaired) electrons. The Kier molecular flexibility index (Phi) is 5.98. The third kappa shape index (κ3) is 5.00. The smallest absolute Gasteiger partial charge is 0.434 e. The molecule has 12 heteroatoms. The predicted molar refractivity (Wildman–Crippen MR) is 103 cm³/mol. The van der Waals surface area contributed by atoms with Gasteiger partial charge in [0, 0.05) is 13.1 Å². The minimum absolute atomic E-state index is 0.00645. The molecule has 31 heavy (non-hydrogen) atoms. The first kappa shape index (κ1) is 22.2. The summed E-state index contributed by atoms with van der Waals surface area (Å²) >= 11 is 5.70. The Balaban J connectivity index is 2.06. The molecule has 3 aromatic rings. The molecule has 0 aliphatic heterocycles. The van der Waals surface area contributed by atoms with Crippen molar-refractivity contribution in [3.05, 3.63) is 74.5 Å². The van der Waals surface area contributed by atoms with Gasteiger partial charge >= 0.3 is 6.18 Å². The van der Waals surface area contributed by atoms with E-state index in [-0.39, 0.29) is 17.0 Å². The lowest BCUT2D eigenvalue weighted by Crippen LogP contribution is -2.21. The second-order valence-corrected chi connectivity index (χ2v) is 6.75. The molecule has 1 aromatic carbocycles. The zero-order valence-corrected chi connectivity index (χ0v) is 16.7. The first-order valence-corrected chi connectivity index (χ1v) is 8.90. The number of halogens is 5.